The highest BCUT2D eigenvalue weighted by Crippen LogP contribution is 2.39. The lowest BCUT2D eigenvalue weighted by molar-refractivity contribution is -0.127. The van der Waals surface area contributed by atoms with Crippen LogP contribution in [0.15, 0.2) is 36.4 Å². The van der Waals surface area contributed by atoms with Crippen LogP contribution in [0.4, 0.5) is 11.4 Å². The number of hydrogen-bond acceptors (Lipinski definition) is 5. The number of fused-ring (bicyclic) bond motifs is 1. The predicted octanol–water partition coefficient (Wildman–Crippen LogP) is 5.14. The van der Waals surface area contributed by atoms with E-state index in [1.54, 1.807) is 35.2 Å². The van der Waals surface area contributed by atoms with Gasteiger partial charge in [-0.05, 0) is 63.9 Å². The zero-order valence-electron chi connectivity index (χ0n) is 20.4. The normalized spacial score (nSPS) is 14.9. The molecule has 0 unspecified atom stereocenters. The summed E-state index contributed by atoms with van der Waals surface area (Å²) in [4.78, 5) is 27.8. The number of nitrogens with zero attached hydrogens (tertiary/aromatic N) is 1. The Labute approximate surface area is 196 Å². The number of ether oxygens (including phenoxy) is 3. The number of hydrogen-bond donors (Lipinski definition) is 1. The lowest BCUT2D eigenvalue weighted by Gasteiger charge is -2.29. The molecule has 0 bridgehead atoms. The Morgan fingerprint density at radius 2 is 1.79 bits per heavy atom. The third-order valence-corrected chi connectivity index (χ3v) is 5.27. The van der Waals surface area contributed by atoms with Crippen molar-refractivity contribution in [3.8, 4) is 17.2 Å². The summed E-state index contributed by atoms with van der Waals surface area (Å²) in [5.41, 5.74) is 1.12. The van der Waals surface area contributed by atoms with E-state index in [0.29, 0.717) is 54.2 Å². The first-order chi connectivity index (χ1) is 15.7. The molecule has 0 aliphatic carbocycles. The molecule has 7 heteroatoms. The van der Waals surface area contributed by atoms with Gasteiger partial charge < -0.3 is 24.4 Å². The van der Waals surface area contributed by atoms with Gasteiger partial charge in [-0.3, -0.25) is 9.59 Å². The summed E-state index contributed by atoms with van der Waals surface area (Å²) in [5.74, 6) is 1.77. The molecule has 0 saturated heterocycles. The van der Waals surface area contributed by atoms with Crippen molar-refractivity contribution < 1.29 is 23.8 Å². The van der Waals surface area contributed by atoms with Gasteiger partial charge in [0, 0.05) is 23.9 Å². The Bertz CT molecular complexity index is 1020. The average Bonchev–Trinajstić information content (AvgIpc) is 2.85. The summed E-state index contributed by atoms with van der Waals surface area (Å²) < 4.78 is 17.2. The largest absolute Gasteiger partial charge is 0.490 e. The summed E-state index contributed by atoms with van der Waals surface area (Å²) in [7, 11) is 0. The monoisotopic (exact) mass is 454 g/mol. The van der Waals surface area contributed by atoms with Crippen LogP contribution in [0.1, 0.15) is 51.9 Å². The highest BCUT2D eigenvalue weighted by Gasteiger charge is 2.38. The van der Waals surface area contributed by atoms with E-state index in [0.717, 1.165) is 5.69 Å². The van der Waals surface area contributed by atoms with Gasteiger partial charge >= 0.3 is 0 Å². The fourth-order valence-electron chi connectivity index (χ4n) is 3.67. The summed E-state index contributed by atoms with van der Waals surface area (Å²) in [5, 5.41) is 2.92. The smallest absolute Gasteiger partial charge is 0.255 e. The number of benzene rings is 2. The Morgan fingerprint density at radius 3 is 2.45 bits per heavy atom. The molecule has 1 N–H and O–H groups in total. The van der Waals surface area contributed by atoms with E-state index in [9.17, 15) is 9.59 Å². The second kappa shape index (κ2) is 10.1. The number of anilines is 2. The minimum absolute atomic E-state index is 0.0320. The van der Waals surface area contributed by atoms with E-state index in [-0.39, 0.29) is 18.4 Å². The Kier molecular flexibility index (Phi) is 7.51. The fourth-order valence-corrected chi connectivity index (χ4v) is 3.67. The van der Waals surface area contributed by atoms with Crippen LogP contribution in [0.25, 0.3) is 0 Å². The van der Waals surface area contributed by atoms with E-state index >= 15 is 0 Å². The van der Waals surface area contributed by atoms with Crippen LogP contribution < -0.4 is 24.4 Å². The van der Waals surface area contributed by atoms with Crippen LogP contribution >= 0.6 is 0 Å². The van der Waals surface area contributed by atoms with Crippen molar-refractivity contribution in [2.75, 3.05) is 36.6 Å². The van der Waals surface area contributed by atoms with Crippen LogP contribution in [0, 0.1) is 11.3 Å². The first kappa shape index (κ1) is 24.4. The van der Waals surface area contributed by atoms with Crippen molar-refractivity contribution >= 4 is 23.2 Å². The zero-order valence-corrected chi connectivity index (χ0v) is 20.4. The minimum atomic E-state index is -0.644. The molecular formula is C26H34N2O5. The molecule has 33 heavy (non-hydrogen) atoms. The van der Waals surface area contributed by atoms with Gasteiger partial charge in [0.2, 0.25) is 5.91 Å². The van der Waals surface area contributed by atoms with Crippen molar-refractivity contribution in [2.45, 2.75) is 41.5 Å². The molecule has 0 aromatic heterocycles. The van der Waals surface area contributed by atoms with Gasteiger partial charge in [-0.25, -0.2) is 0 Å². The van der Waals surface area contributed by atoms with Crippen LogP contribution in [0.2, 0.25) is 0 Å². The molecule has 178 valence electrons. The number of carbonyl (C=O) groups is 2. The van der Waals surface area contributed by atoms with Gasteiger partial charge in [0.1, 0.15) is 12.4 Å². The first-order valence-corrected chi connectivity index (χ1v) is 11.5. The molecule has 3 rings (SSSR count). The Balaban J connectivity index is 1.86. The number of carbonyl (C=O) groups excluding carboxylic acids is 2. The van der Waals surface area contributed by atoms with Crippen LogP contribution in [-0.4, -0.2) is 38.2 Å². The quantitative estimate of drug-likeness (QED) is 0.597. The van der Waals surface area contributed by atoms with Crippen molar-refractivity contribution in [3.63, 3.8) is 0 Å². The highest BCUT2D eigenvalue weighted by molar-refractivity contribution is 6.05. The highest BCUT2D eigenvalue weighted by atomic mass is 16.5. The third kappa shape index (κ3) is 5.59. The van der Waals surface area contributed by atoms with Gasteiger partial charge in [0.15, 0.2) is 11.5 Å². The molecule has 2 aromatic carbocycles. The van der Waals surface area contributed by atoms with Gasteiger partial charge in [-0.15, -0.1) is 0 Å². The molecule has 2 aromatic rings. The van der Waals surface area contributed by atoms with E-state index in [2.05, 4.69) is 19.2 Å². The van der Waals surface area contributed by atoms with Gasteiger partial charge in [0.25, 0.3) is 5.91 Å². The van der Waals surface area contributed by atoms with Crippen molar-refractivity contribution in [3.05, 3.63) is 42.0 Å². The molecule has 0 atom stereocenters. The first-order valence-electron chi connectivity index (χ1n) is 11.5. The van der Waals surface area contributed by atoms with E-state index in [4.69, 9.17) is 14.2 Å². The molecule has 0 spiro atoms. The summed E-state index contributed by atoms with van der Waals surface area (Å²) in [6.07, 6.45) is 0. The van der Waals surface area contributed by atoms with Crippen molar-refractivity contribution in [1.82, 2.24) is 0 Å². The van der Waals surface area contributed by atoms with Crippen molar-refractivity contribution in [2.24, 2.45) is 11.3 Å². The number of rotatable bonds is 8. The second-order valence-electron chi connectivity index (χ2n) is 9.15. The maximum absolute atomic E-state index is 13.1. The summed E-state index contributed by atoms with van der Waals surface area (Å²) in [6.45, 7) is 13.5. The molecule has 2 amide bonds. The van der Waals surface area contributed by atoms with Crippen LogP contribution in [0.5, 0.6) is 17.2 Å². The molecule has 1 aliphatic rings. The van der Waals surface area contributed by atoms with E-state index in [1.165, 1.54) is 0 Å². The molecule has 7 nitrogen and oxygen atoms in total. The topological polar surface area (TPSA) is 77.1 Å². The second-order valence-corrected chi connectivity index (χ2v) is 9.15. The lowest BCUT2D eigenvalue weighted by Crippen LogP contribution is -2.43. The predicted molar refractivity (Wildman–Crippen MR) is 130 cm³/mol. The van der Waals surface area contributed by atoms with Crippen LogP contribution in [-0.2, 0) is 4.79 Å². The molecule has 1 aliphatic heterocycles. The molecule has 0 radical (unpaired) electrons. The molecule has 0 saturated carbocycles. The summed E-state index contributed by atoms with van der Waals surface area (Å²) >= 11 is 0. The van der Waals surface area contributed by atoms with E-state index in [1.807, 2.05) is 33.8 Å². The third-order valence-electron chi connectivity index (χ3n) is 5.27. The molecule has 1 heterocycles. The van der Waals surface area contributed by atoms with E-state index < -0.39 is 5.41 Å². The van der Waals surface area contributed by atoms with Gasteiger partial charge in [0.05, 0.1) is 24.3 Å². The number of amides is 2. The lowest BCUT2D eigenvalue weighted by atomic mass is 9.92. The minimum Gasteiger partial charge on any atom is -0.490 e. The zero-order chi connectivity index (χ0) is 24.2. The molecule has 0 fully saturated rings. The Hall–Kier alpha value is -3.22. The average molecular weight is 455 g/mol. The number of nitrogens with one attached hydrogen (secondary N) is 1. The maximum atomic E-state index is 13.1. The maximum Gasteiger partial charge on any atom is 0.255 e. The van der Waals surface area contributed by atoms with Gasteiger partial charge in [-0.2, -0.15) is 0 Å². The summed E-state index contributed by atoms with van der Waals surface area (Å²) in [6, 6.07) is 10.5. The Morgan fingerprint density at radius 1 is 1.09 bits per heavy atom. The molecular weight excluding hydrogens is 420 g/mol. The fraction of sp³-hybridized carbons (Fsp3) is 0.462. The van der Waals surface area contributed by atoms with Crippen molar-refractivity contribution in [1.29, 1.82) is 0 Å². The van der Waals surface area contributed by atoms with Crippen LogP contribution in [0.3, 0.4) is 0 Å². The standard InChI is InChI=1S/C26H34N2O5/c1-7-31-21-12-9-18(13-23(21)32-8-2)24(29)27-19-10-11-20-22(14-19)33-16-26(5,6)25(30)28(20)15-17(3)4/h9-14,17H,7-8,15-16H2,1-6H3,(H,27,29). The van der Waals surface area contributed by atoms with Gasteiger partial charge in [-0.1, -0.05) is 13.8 Å². The SMILES string of the molecule is CCOc1ccc(C(=O)Nc2ccc3c(c2)OCC(C)(C)C(=O)N3CC(C)C)cc1OCC.